The van der Waals surface area contributed by atoms with Gasteiger partial charge in [-0.1, -0.05) is 0 Å². The van der Waals surface area contributed by atoms with Gasteiger partial charge < -0.3 is 9.16 Å². The quantitative estimate of drug-likeness (QED) is 0.492. The van der Waals surface area contributed by atoms with E-state index in [1.165, 1.54) is 7.11 Å². The van der Waals surface area contributed by atoms with Gasteiger partial charge in [-0.3, -0.25) is 9.59 Å². The van der Waals surface area contributed by atoms with Crippen LogP contribution >= 0.6 is 0 Å². The lowest BCUT2D eigenvalue weighted by Crippen LogP contribution is -2.15. The van der Waals surface area contributed by atoms with Crippen LogP contribution in [0, 0.1) is 0 Å². The van der Waals surface area contributed by atoms with E-state index in [4.69, 9.17) is 4.43 Å². The van der Waals surface area contributed by atoms with Gasteiger partial charge in [0.05, 0.1) is 7.11 Å². The fraction of sp³-hybridized carbons (Fsp3) is 0.750. The highest BCUT2D eigenvalue weighted by Gasteiger charge is 2.07. The molecule has 0 aliphatic carbocycles. The Hall–Kier alpha value is -0.843. The molecule has 13 heavy (non-hydrogen) atoms. The third-order valence-electron chi connectivity index (χ3n) is 1.36. The summed E-state index contributed by atoms with van der Waals surface area (Å²) in [6.45, 7) is 3.86. The van der Waals surface area contributed by atoms with E-state index in [-0.39, 0.29) is 18.4 Å². The molecule has 5 heteroatoms. The Morgan fingerprint density at radius 1 is 1.15 bits per heavy atom. The minimum Gasteiger partial charge on any atom is -0.523 e. The molecule has 0 saturated heterocycles. The Labute approximate surface area is 79.9 Å². The molecule has 4 nitrogen and oxygen atoms in total. The summed E-state index contributed by atoms with van der Waals surface area (Å²) in [5.41, 5.74) is 0. The minimum absolute atomic E-state index is 0.203. The SMILES string of the molecule is COC(=O)CCCC(=O)O[SiH](C)C. The molecule has 0 aromatic carbocycles. The zero-order valence-electron chi connectivity index (χ0n) is 8.33. The Balaban J connectivity index is 3.42. The first-order valence-electron chi connectivity index (χ1n) is 4.32. The molecule has 0 saturated carbocycles. The number of hydrogen-bond acceptors (Lipinski definition) is 4. The molecule has 0 aliphatic rings. The smallest absolute Gasteiger partial charge is 0.305 e. The van der Waals surface area contributed by atoms with Crippen molar-refractivity contribution in [2.45, 2.75) is 32.4 Å². The second-order valence-corrected chi connectivity index (χ2v) is 5.30. The van der Waals surface area contributed by atoms with Gasteiger partial charge >= 0.3 is 5.97 Å². The van der Waals surface area contributed by atoms with Crippen LogP contribution < -0.4 is 0 Å². The first-order chi connectivity index (χ1) is 6.06. The number of esters is 1. The molecule has 0 heterocycles. The van der Waals surface area contributed by atoms with E-state index >= 15 is 0 Å². The van der Waals surface area contributed by atoms with Crippen LogP contribution in [0.4, 0.5) is 0 Å². The Kier molecular flexibility index (Phi) is 6.22. The van der Waals surface area contributed by atoms with Crippen LogP contribution in [0.3, 0.4) is 0 Å². The normalized spacial score (nSPS) is 9.85. The van der Waals surface area contributed by atoms with Gasteiger partial charge in [-0.05, 0) is 19.5 Å². The third kappa shape index (κ3) is 7.52. The molecule has 0 N–H and O–H groups in total. The summed E-state index contributed by atoms with van der Waals surface area (Å²) >= 11 is 0. The van der Waals surface area contributed by atoms with E-state index in [2.05, 4.69) is 4.74 Å². The monoisotopic (exact) mass is 204 g/mol. The van der Waals surface area contributed by atoms with Crippen molar-refractivity contribution in [2.24, 2.45) is 0 Å². The average Bonchev–Trinajstić information content (AvgIpc) is 2.02. The van der Waals surface area contributed by atoms with E-state index in [1.54, 1.807) is 0 Å². The molecule has 0 aromatic rings. The summed E-state index contributed by atoms with van der Waals surface area (Å²) in [6.07, 6.45) is 1.10. The van der Waals surface area contributed by atoms with Gasteiger partial charge in [0.2, 0.25) is 9.04 Å². The number of hydrogen-bond donors (Lipinski definition) is 0. The van der Waals surface area contributed by atoms with Gasteiger partial charge in [-0.15, -0.1) is 0 Å². The van der Waals surface area contributed by atoms with Crippen molar-refractivity contribution in [1.29, 1.82) is 0 Å². The lowest BCUT2D eigenvalue weighted by atomic mass is 10.2. The fourth-order valence-electron chi connectivity index (χ4n) is 0.801. The predicted molar refractivity (Wildman–Crippen MR) is 50.8 cm³/mol. The highest BCUT2D eigenvalue weighted by atomic mass is 28.3. The topological polar surface area (TPSA) is 52.6 Å². The largest absolute Gasteiger partial charge is 0.523 e. The van der Waals surface area contributed by atoms with E-state index < -0.39 is 9.04 Å². The molecule has 0 atom stereocenters. The molecule has 0 unspecified atom stereocenters. The summed E-state index contributed by atoms with van der Waals surface area (Å²) in [7, 11) is 0.0664. The van der Waals surface area contributed by atoms with Crippen LogP contribution in [-0.4, -0.2) is 28.1 Å². The molecule has 0 amide bonds. The average molecular weight is 204 g/mol. The molecular formula is C8H16O4Si. The van der Waals surface area contributed by atoms with Crippen molar-refractivity contribution < 1.29 is 18.8 Å². The third-order valence-corrected chi connectivity index (χ3v) is 2.09. The van der Waals surface area contributed by atoms with Crippen molar-refractivity contribution in [3.8, 4) is 0 Å². The molecule has 0 aromatic heterocycles. The molecule has 76 valence electrons. The van der Waals surface area contributed by atoms with E-state index in [0.29, 0.717) is 12.8 Å². The molecule has 0 spiro atoms. The number of ether oxygens (including phenoxy) is 1. The van der Waals surface area contributed by atoms with Crippen LogP contribution in [0.25, 0.3) is 0 Å². The molecular weight excluding hydrogens is 188 g/mol. The number of carbonyl (C=O) groups is 2. The first kappa shape index (κ1) is 12.2. The summed E-state index contributed by atoms with van der Waals surface area (Å²) in [5, 5.41) is 0. The lowest BCUT2D eigenvalue weighted by molar-refractivity contribution is -0.141. The number of methoxy groups -OCH3 is 1. The highest BCUT2D eigenvalue weighted by Crippen LogP contribution is 2.00. The molecule has 0 bridgehead atoms. The van der Waals surface area contributed by atoms with E-state index in [0.717, 1.165) is 0 Å². The zero-order chi connectivity index (χ0) is 10.3. The van der Waals surface area contributed by atoms with Crippen molar-refractivity contribution in [3.63, 3.8) is 0 Å². The van der Waals surface area contributed by atoms with Crippen molar-refractivity contribution in [1.82, 2.24) is 0 Å². The second-order valence-electron chi connectivity index (χ2n) is 2.97. The Bertz CT molecular complexity index is 179. The first-order valence-corrected chi connectivity index (χ1v) is 7.10. The maximum absolute atomic E-state index is 11.0. The maximum Gasteiger partial charge on any atom is 0.305 e. The van der Waals surface area contributed by atoms with Gasteiger partial charge in [-0.25, -0.2) is 0 Å². The van der Waals surface area contributed by atoms with Crippen LogP contribution in [0.2, 0.25) is 13.1 Å². The van der Waals surface area contributed by atoms with Crippen LogP contribution in [-0.2, 0) is 18.8 Å². The Morgan fingerprint density at radius 3 is 2.15 bits per heavy atom. The molecule has 0 fully saturated rings. The van der Waals surface area contributed by atoms with Crippen molar-refractivity contribution >= 4 is 21.0 Å². The van der Waals surface area contributed by atoms with Crippen LogP contribution in [0.15, 0.2) is 0 Å². The zero-order valence-corrected chi connectivity index (χ0v) is 9.49. The fourth-order valence-corrected chi connectivity index (χ4v) is 1.44. The van der Waals surface area contributed by atoms with Crippen molar-refractivity contribution in [2.75, 3.05) is 7.11 Å². The summed E-state index contributed by atoms with van der Waals surface area (Å²) in [5.74, 6) is -0.486. The number of carbonyl (C=O) groups excluding carboxylic acids is 2. The lowest BCUT2D eigenvalue weighted by Gasteiger charge is -2.06. The Morgan fingerprint density at radius 2 is 1.69 bits per heavy atom. The predicted octanol–water partition coefficient (Wildman–Crippen LogP) is 0.856. The van der Waals surface area contributed by atoms with Crippen molar-refractivity contribution in [3.05, 3.63) is 0 Å². The van der Waals surface area contributed by atoms with Gasteiger partial charge in [-0.2, -0.15) is 0 Å². The van der Waals surface area contributed by atoms with Crippen LogP contribution in [0.5, 0.6) is 0 Å². The van der Waals surface area contributed by atoms with Gasteiger partial charge in [0.25, 0.3) is 5.97 Å². The molecule has 0 radical (unpaired) electrons. The summed E-state index contributed by atoms with van der Waals surface area (Å²) in [6, 6.07) is 0. The summed E-state index contributed by atoms with van der Waals surface area (Å²) in [4.78, 5) is 21.6. The number of rotatable bonds is 5. The van der Waals surface area contributed by atoms with Gasteiger partial charge in [0, 0.05) is 12.8 Å². The van der Waals surface area contributed by atoms with Gasteiger partial charge in [0.15, 0.2) is 0 Å². The minimum atomic E-state index is -1.27. The maximum atomic E-state index is 11.0. The van der Waals surface area contributed by atoms with Gasteiger partial charge in [0.1, 0.15) is 0 Å². The second kappa shape index (κ2) is 6.65. The summed E-state index contributed by atoms with van der Waals surface area (Å²) < 4.78 is 9.44. The van der Waals surface area contributed by atoms with Crippen LogP contribution in [0.1, 0.15) is 19.3 Å². The highest BCUT2D eigenvalue weighted by molar-refractivity contribution is 6.50. The molecule has 0 rings (SSSR count). The van der Waals surface area contributed by atoms with E-state index in [1.807, 2.05) is 13.1 Å². The molecule has 0 aliphatic heterocycles. The van der Waals surface area contributed by atoms with E-state index in [9.17, 15) is 9.59 Å². The standard InChI is InChI=1S/C8H16O4Si/c1-11-7(9)5-4-6-8(10)12-13(2)3/h13H,4-6H2,1-3H3.